The number of nitrogens with zero attached hydrogens (tertiary/aromatic N) is 1. The Morgan fingerprint density at radius 3 is 2.68 bits per heavy atom. The molecule has 0 spiro atoms. The van der Waals surface area contributed by atoms with Crippen molar-refractivity contribution in [3.8, 4) is 0 Å². The quantitative estimate of drug-likeness (QED) is 0.424. The van der Waals surface area contributed by atoms with Crippen molar-refractivity contribution in [3.05, 3.63) is 23.8 Å². The number of hydrogen-bond acceptors (Lipinski definition) is 3. The minimum Gasteiger partial charge on any atom is -0.392 e. The summed E-state index contributed by atoms with van der Waals surface area (Å²) in [5.74, 6) is 1.76. The van der Waals surface area contributed by atoms with Crippen LogP contribution < -0.4 is 0 Å². The number of allylic oxidation sites excluding steroid dienone is 2. The van der Waals surface area contributed by atoms with Gasteiger partial charge in [0, 0.05) is 24.9 Å². The van der Waals surface area contributed by atoms with Gasteiger partial charge in [-0.3, -0.25) is 4.79 Å². The molecule has 1 fully saturated rings. The zero-order chi connectivity index (χ0) is 23.2. The van der Waals surface area contributed by atoms with E-state index in [4.69, 9.17) is 0 Å². The lowest BCUT2D eigenvalue weighted by molar-refractivity contribution is -0.134. The summed E-state index contributed by atoms with van der Waals surface area (Å²) in [5.41, 5.74) is 1.31. The predicted molar refractivity (Wildman–Crippen MR) is 129 cm³/mol. The molecule has 0 unspecified atom stereocenters. The molecule has 1 saturated carbocycles. The molecule has 178 valence electrons. The molecule has 6 atom stereocenters. The summed E-state index contributed by atoms with van der Waals surface area (Å²) >= 11 is 0. The number of rotatable bonds is 11. The number of aliphatic hydroxyl groups excluding tert-OH is 2. The van der Waals surface area contributed by atoms with E-state index in [1.54, 1.807) is 0 Å². The molecule has 0 heterocycles. The third-order valence-corrected chi connectivity index (χ3v) is 7.47. The fourth-order valence-corrected chi connectivity index (χ4v) is 5.22. The Hall–Kier alpha value is -1.13. The average Bonchev–Trinajstić information content (AvgIpc) is 3.19. The van der Waals surface area contributed by atoms with Gasteiger partial charge in [0.1, 0.15) is 0 Å². The zero-order valence-electron chi connectivity index (χ0n) is 20.8. The first-order valence-electron chi connectivity index (χ1n) is 12.5. The van der Waals surface area contributed by atoms with Crippen LogP contribution in [-0.4, -0.2) is 45.8 Å². The molecule has 1 amide bonds. The highest BCUT2D eigenvalue weighted by Crippen LogP contribution is 2.48. The van der Waals surface area contributed by atoms with Gasteiger partial charge in [0.05, 0.1) is 12.2 Å². The van der Waals surface area contributed by atoms with Gasteiger partial charge in [-0.05, 0) is 70.6 Å². The molecule has 0 aliphatic heterocycles. The summed E-state index contributed by atoms with van der Waals surface area (Å²) in [6.07, 6.45) is 14.3. The van der Waals surface area contributed by atoms with E-state index in [2.05, 4.69) is 46.8 Å². The predicted octanol–water partition coefficient (Wildman–Crippen LogP) is 5.49. The van der Waals surface area contributed by atoms with Crippen LogP contribution in [0, 0.1) is 23.7 Å². The van der Waals surface area contributed by atoms with Gasteiger partial charge in [-0.25, -0.2) is 0 Å². The SMILES string of the molecule is CCCC[C@H](C)C[C@H](O)/C=C/[C@@H]1[C@H]2CC(CCCC(=O)N(C)C(C)(C)C)=C[C@H]2C[C@H]1O. The Balaban J connectivity index is 1.80. The Labute approximate surface area is 190 Å². The van der Waals surface area contributed by atoms with Crippen LogP contribution in [0.15, 0.2) is 23.8 Å². The molecular formula is C27H47NO3. The second-order valence-electron chi connectivity index (χ2n) is 11.1. The average molecular weight is 434 g/mol. The van der Waals surface area contributed by atoms with Crippen LogP contribution in [0.4, 0.5) is 0 Å². The highest BCUT2D eigenvalue weighted by atomic mass is 16.3. The molecule has 2 aliphatic carbocycles. The van der Waals surface area contributed by atoms with Crippen LogP contribution in [0.5, 0.6) is 0 Å². The van der Waals surface area contributed by atoms with Crippen molar-refractivity contribution in [1.82, 2.24) is 4.90 Å². The van der Waals surface area contributed by atoms with Gasteiger partial charge in [0.15, 0.2) is 0 Å². The van der Waals surface area contributed by atoms with E-state index in [9.17, 15) is 15.0 Å². The Kier molecular flexibility index (Phi) is 9.82. The number of hydrogen-bond donors (Lipinski definition) is 2. The van der Waals surface area contributed by atoms with Crippen LogP contribution in [0.3, 0.4) is 0 Å². The fourth-order valence-electron chi connectivity index (χ4n) is 5.22. The number of carbonyl (C=O) groups excluding carboxylic acids is 1. The Morgan fingerprint density at radius 2 is 2.03 bits per heavy atom. The van der Waals surface area contributed by atoms with Gasteiger partial charge in [0.2, 0.25) is 5.91 Å². The monoisotopic (exact) mass is 433 g/mol. The van der Waals surface area contributed by atoms with Crippen molar-refractivity contribution >= 4 is 5.91 Å². The van der Waals surface area contributed by atoms with Crippen LogP contribution in [0.25, 0.3) is 0 Å². The Morgan fingerprint density at radius 1 is 1.32 bits per heavy atom. The highest BCUT2D eigenvalue weighted by molar-refractivity contribution is 5.76. The molecule has 4 heteroatoms. The number of amides is 1. The van der Waals surface area contributed by atoms with Gasteiger partial charge >= 0.3 is 0 Å². The van der Waals surface area contributed by atoms with Crippen molar-refractivity contribution in [3.63, 3.8) is 0 Å². The van der Waals surface area contributed by atoms with Crippen LogP contribution >= 0.6 is 0 Å². The van der Waals surface area contributed by atoms with E-state index in [1.165, 1.54) is 24.8 Å². The van der Waals surface area contributed by atoms with E-state index in [0.29, 0.717) is 24.2 Å². The molecule has 2 rings (SSSR count). The van der Waals surface area contributed by atoms with Crippen molar-refractivity contribution in [2.45, 2.75) is 110 Å². The fraction of sp³-hybridized carbons (Fsp3) is 0.815. The number of aliphatic hydroxyl groups is 2. The second kappa shape index (κ2) is 11.7. The minimum atomic E-state index is -0.419. The maximum atomic E-state index is 12.4. The van der Waals surface area contributed by atoms with Gasteiger partial charge in [-0.15, -0.1) is 0 Å². The highest BCUT2D eigenvalue weighted by Gasteiger charge is 2.43. The normalized spacial score (nSPS) is 27.9. The van der Waals surface area contributed by atoms with E-state index < -0.39 is 6.10 Å². The largest absolute Gasteiger partial charge is 0.392 e. The lowest BCUT2D eigenvalue weighted by atomic mass is 9.88. The van der Waals surface area contributed by atoms with E-state index in [0.717, 1.165) is 32.1 Å². The molecule has 0 bridgehead atoms. The van der Waals surface area contributed by atoms with Crippen molar-refractivity contribution in [1.29, 1.82) is 0 Å². The molecule has 2 aliphatic rings. The van der Waals surface area contributed by atoms with E-state index in [-0.39, 0.29) is 23.5 Å². The minimum absolute atomic E-state index is 0.130. The molecule has 0 radical (unpaired) electrons. The van der Waals surface area contributed by atoms with Gasteiger partial charge in [0.25, 0.3) is 0 Å². The van der Waals surface area contributed by atoms with Gasteiger partial charge in [-0.1, -0.05) is 56.9 Å². The van der Waals surface area contributed by atoms with E-state index in [1.807, 2.05) is 18.0 Å². The third kappa shape index (κ3) is 7.75. The summed E-state index contributed by atoms with van der Waals surface area (Å²) in [7, 11) is 1.89. The lowest BCUT2D eigenvalue weighted by Crippen LogP contribution is -2.42. The summed E-state index contributed by atoms with van der Waals surface area (Å²) in [5, 5.41) is 21.0. The van der Waals surface area contributed by atoms with Crippen molar-refractivity contribution in [2.24, 2.45) is 23.7 Å². The first-order valence-corrected chi connectivity index (χ1v) is 12.5. The van der Waals surface area contributed by atoms with Crippen molar-refractivity contribution < 1.29 is 15.0 Å². The first-order chi connectivity index (χ1) is 14.5. The lowest BCUT2D eigenvalue weighted by Gasteiger charge is -2.32. The Bertz CT molecular complexity index is 633. The standard InChI is InChI=1S/C27H47NO3/c1-7-8-10-19(2)15-22(29)13-14-23-24-17-20(16-21(24)18-25(23)30)11-9-12-26(31)28(6)27(3,4)5/h13-14,16,19,21-25,29-30H,7-12,15,17-18H2,1-6H3/b14-13+/t19-,21-,22+,23+,24-,25+/m0/s1. The smallest absolute Gasteiger partial charge is 0.222 e. The zero-order valence-corrected chi connectivity index (χ0v) is 20.8. The summed E-state index contributed by atoms with van der Waals surface area (Å²) in [4.78, 5) is 14.2. The molecule has 31 heavy (non-hydrogen) atoms. The number of fused-ring (bicyclic) bond motifs is 1. The van der Waals surface area contributed by atoms with Crippen LogP contribution in [0.2, 0.25) is 0 Å². The maximum Gasteiger partial charge on any atom is 0.222 e. The molecule has 0 aromatic heterocycles. The molecule has 0 aromatic carbocycles. The molecule has 4 nitrogen and oxygen atoms in total. The summed E-state index contributed by atoms with van der Waals surface area (Å²) < 4.78 is 0. The summed E-state index contributed by atoms with van der Waals surface area (Å²) in [6.45, 7) is 10.6. The molecule has 0 saturated heterocycles. The van der Waals surface area contributed by atoms with Gasteiger partial charge < -0.3 is 15.1 Å². The number of unbranched alkanes of at least 4 members (excludes halogenated alkanes) is 1. The van der Waals surface area contributed by atoms with E-state index >= 15 is 0 Å². The molecule has 2 N–H and O–H groups in total. The third-order valence-electron chi connectivity index (χ3n) is 7.47. The molecule has 0 aromatic rings. The number of carbonyl (C=O) groups is 1. The first kappa shape index (κ1) is 26.1. The van der Waals surface area contributed by atoms with Crippen LogP contribution in [0.1, 0.15) is 92.4 Å². The van der Waals surface area contributed by atoms with Crippen molar-refractivity contribution in [2.75, 3.05) is 7.05 Å². The molecular weight excluding hydrogens is 386 g/mol. The second-order valence-corrected chi connectivity index (χ2v) is 11.1. The van der Waals surface area contributed by atoms with Crippen LogP contribution in [-0.2, 0) is 4.79 Å². The van der Waals surface area contributed by atoms with Gasteiger partial charge in [-0.2, -0.15) is 0 Å². The maximum absolute atomic E-state index is 12.4. The summed E-state index contributed by atoms with van der Waals surface area (Å²) in [6, 6.07) is 0. The topological polar surface area (TPSA) is 60.8 Å².